The van der Waals surface area contributed by atoms with Crippen LogP contribution in [0.3, 0.4) is 0 Å². The first-order valence-corrected chi connectivity index (χ1v) is 6.51. The molecule has 0 radical (unpaired) electrons. The lowest BCUT2D eigenvalue weighted by molar-refractivity contribution is -0.137. The second-order valence-corrected chi connectivity index (χ2v) is 5.43. The lowest BCUT2D eigenvalue weighted by atomic mass is 10.0. The van der Waals surface area contributed by atoms with Crippen molar-refractivity contribution < 1.29 is 13.2 Å². The summed E-state index contributed by atoms with van der Waals surface area (Å²) in [6, 6.07) is 5.52. The van der Waals surface area contributed by atoms with Crippen LogP contribution in [0.25, 0.3) is 0 Å². The lowest BCUT2D eigenvalue weighted by Crippen LogP contribution is -2.30. The molecule has 1 aromatic carbocycles. The molecular weight excluding hydrogens is 265 g/mol. The number of hydrogen-bond donors (Lipinski definition) is 0. The molecule has 0 saturated carbocycles. The van der Waals surface area contributed by atoms with Crippen molar-refractivity contribution in [2.45, 2.75) is 39.4 Å². The van der Waals surface area contributed by atoms with E-state index in [2.05, 4.69) is 13.8 Å². The van der Waals surface area contributed by atoms with Crippen LogP contribution >= 0.6 is 0 Å². The Labute approximate surface area is 117 Å². The summed E-state index contributed by atoms with van der Waals surface area (Å²) >= 11 is 0. The summed E-state index contributed by atoms with van der Waals surface area (Å²) < 4.78 is 38.2. The van der Waals surface area contributed by atoms with E-state index in [9.17, 15) is 13.2 Å². The highest BCUT2D eigenvalue weighted by Gasteiger charge is 2.33. The van der Waals surface area contributed by atoms with E-state index in [1.54, 1.807) is 6.07 Å². The van der Waals surface area contributed by atoms with Crippen molar-refractivity contribution >= 4 is 5.69 Å². The van der Waals surface area contributed by atoms with Crippen LogP contribution < -0.4 is 4.90 Å². The van der Waals surface area contributed by atoms with E-state index in [1.807, 2.05) is 18.9 Å². The van der Waals surface area contributed by atoms with Gasteiger partial charge in [0.2, 0.25) is 0 Å². The van der Waals surface area contributed by atoms with Crippen LogP contribution in [0, 0.1) is 17.2 Å². The van der Waals surface area contributed by atoms with E-state index < -0.39 is 11.7 Å². The summed E-state index contributed by atoms with van der Waals surface area (Å²) in [6.07, 6.45) is -3.56. The number of nitriles is 1. The number of halogens is 3. The molecule has 2 nitrogen and oxygen atoms in total. The molecule has 0 N–H and O–H groups in total. The van der Waals surface area contributed by atoms with Gasteiger partial charge in [-0.2, -0.15) is 18.4 Å². The van der Waals surface area contributed by atoms with Gasteiger partial charge in [0.05, 0.1) is 17.2 Å². The van der Waals surface area contributed by atoms with Crippen LogP contribution in [0.2, 0.25) is 0 Å². The summed E-state index contributed by atoms with van der Waals surface area (Å²) in [5.41, 5.74) is -0.588. The molecule has 0 amide bonds. The van der Waals surface area contributed by atoms with Gasteiger partial charge < -0.3 is 4.90 Å². The van der Waals surface area contributed by atoms with Crippen molar-refractivity contribution in [3.8, 4) is 6.07 Å². The highest BCUT2D eigenvalue weighted by Crippen LogP contribution is 2.34. The van der Waals surface area contributed by atoms with Gasteiger partial charge in [-0.3, -0.25) is 0 Å². The first kappa shape index (κ1) is 16.4. The molecule has 0 saturated heterocycles. The average Bonchev–Trinajstić information content (AvgIpc) is 2.35. The molecule has 0 spiro atoms. The molecule has 0 aliphatic carbocycles. The fourth-order valence-corrected chi connectivity index (χ4v) is 2.19. The highest BCUT2D eigenvalue weighted by atomic mass is 19.4. The second kappa shape index (κ2) is 6.17. The Morgan fingerprint density at radius 1 is 1.25 bits per heavy atom. The average molecular weight is 284 g/mol. The summed E-state index contributed by atoms with van der Waals surface area (Å²) in [4.78, 5) is 1.90. The van der Waals surface area contributed by atoms with E-state index in [0.29, 0.717) is 11.6 Å². The monoisotopic (exact) mass is 284 g/mol. The molecule has 1 unspecified atom stereocenters. The maximum atomic E-state index is 12.7. The predicted molar refractivity (Wildman–Crippen MR) is 73.5 cm³/mol. The minimum Gasteiger partial charge on any atom is -0.372 e. The maximum Gasteiger partial charge on any atom is 0.417 e. The van der Waals surface area contributed by atoms with Gasteiger partial charge in [-0.25, -0.2) is 0 Å². The summed E-state index contributed by atoms with van der Waals surface area (Å²) in [7, 11) is 1.83. The fourth-order valence-electron chi connectivity index (χ4n) is 2.19. The second-order valence-electron chi connectivity index (χ2n) is 5.43. The lowest BCUT2D eigenvalue weighted by Gasteiger charge is -2.28. The molecule has 0 aromatic heterocycles. The normalized spacial score (nSPS) is 13.2. The van der Waals surface area contributed by atoms with Gasteiger partial charge in [0.1, 0.15) is 0 Å². The zero-order chi connectivity index (χ0) is 15.5. The molecular formula is C15H19F3N2. The van der Waals surface area contributed by atoms with E-state index in [0.717, 1.165) is 12.5 Å². The molecule has 0 aliphatic heterocycles. The number of hydrogen-bond acceptors (Lipinski definition) is 2. The number of anilines is 1. The van der Waals surface area contributed by atoms with Crippen LogP contribution in [-0.4, -0.2) is 13.1 Å². The topological polar surface area (TPSA) is 27.0 Å². The Morgan fingerprint density at radius 3 is 2.30 bits per heavy atom. The van der Waals surface area contributed by atoms with E-state index in [-0.39, 0.29) is 11.6 Å². The third-order valence-electron chi connectivity index (χ3n) is 3.31. The van der Waals surface area contributed by atoms with Crippen LogP contribution in [-0.2, 0) is 6.18 Å². The van der Waals surface area contributed by atoms with Gasteiger partial charge in [-0.05, 0) is 37.5 Å². The van der Waals surface area contributed by atoms with E-state index in [4.69, 9.17) is 5.26 Å². The van der Waals surface area contributed by atoms with E-state index in [1.165, 1.54) is 12.1 Å². The summed E-state index contributed by atoms with van der Waals surface area (Å²) in [5.74, 6) is 0.498. The van der Waals surface area contributed by atoms with Gasteiger partial charge in [0.25, 0.3) is 0 Å². The van der Waals surface area contributed by atoms with Crippen molar-refractivity contribution in [3.05, 3.63) is 29.3 Å². The first-order chi connectivity index (χ1) is 9.16. The van der Waals surface area contributed by atoms with Crippen LogP contribution in [0.1, 0.15) is 38.3 Å². The summed E-state index contributed by atoms with van der Waals surface area (Å²) in [6.45, 7) is 6.21. The molecule has 110 valence electrons. The predicted octanol–water partition coefficient (Wildman–Crippen LogP) is 4.45. The Bertz CT molecular complexity index is 501. The molecule has 1 atom stereocenters. The van der Waals surface area contributed by atoms with Crippen molar-refractivity contribution in [1.29, 1.82) is 5.26 Å². The van der Waals surface area contributed by atoms with Gasteiger partial charge >= 0.3 is 6.18 Å². The van der Waals surface area contributed by atoms with Crippen molar-refractivity contribution in [2.75, 3.05) is 11.9 Å². The SMILES string of the molecule is CC(C)CC(C)N(C)c1ccc(C(F)(F)F)c(C#N)c1. The molecule has 5 heteroatoms. The number of benzene rings is 1. The zero-order valence-corrected chi connectivity index (χ0v) is 12.1. The standard InChI is InChI=1S/C15H19F3N2/c1-10(2)7-11(3)20(4)13-5-6-14(15(16,17)18)12(8-13)9-19/h5-6,8,10-11H,7H2,1-4H3. The fraction of sp³-hybridized carbons (Fsp3) is 0.533. The molecule has 20 heavy (non-hydrogen) atoms. The third kappa shape index (κ3) is 3.89. The molecule has 0 fully saturated rings. The summed E-state index contributed by atoms with van der Waals surface area (Å²) in [5, 5.41) is 8.90. The molecule has 1 aromatic rings. The minimum absolute atomic E-state index is 0.193. The molecule has 0 bridgehead atoms. The number of rotatable bonds is 4. The quantitative estimate of drug-likeness (QED) is 0.817. The van der Waals surface area contributed by atoms with Crippen molar-refractivity contribution in [2.24, 2.45) is 5.92 Å². The van der Waals surface area contributed by atoms with Crippen molar-refractivity contribution in [1.82, 2.24) is 0 Å². The first-order valence-electron chi connectivity index (χ1n) is 6.51. The van der Waals surface area contributed by atoms with Crippen LogP contribution in [0.4, 0.5) is 18.9 Å². The van der Waals surface area contributed by atoms with Gasteiger partial charge in [0.15, 0.2) is 0 Å². The Balaban J connectivity index is 3.08. The molecule has 1 rings (SSSR count). The largest absolute Gasteiger partial charge is 0.417 e. The third-order valence-corrected chi connectivity index (χ3v) is 3.31. The smallest absolute Gasteiger partial charge is 0.372 e. The number of nitrogens with zero attached hydrogens (tertiary/aromatic N) is 2. The number of alkyl halides is 3. The van der Waals surface area contributed by atoms with Gasteiger partial charge in [-0.1, -0.05) is 13.8 Å². The van der Waals surface area contributed by atoms with Crippen LogP contribution in [0.15, 0.2) is 18.2 Å². The molecule has 0 heterocycles. The minimum atomic E-state index is -4.49. The van der Waals surface area contributed by atoms with Gasteiger partial charge in [0, 0.05) is 18.8 Å². The molecule has 0 aliphatic rings. The van der Waals surface area contributed by atoms with Gasteiger partial charge in [-0.15, -0.1) is 0 Å². The Morgan fingerprint density at radius 2 is 1.85 bits per heavy atom. The van der Waals surface area contributed by atoms with Crippen molar-refractivity contribution in [3.63, 3.8) is 0 Å². The Hall–Kier alpha value is -1.70. The Kier molecular flexibility index (Phi) is 5.04. The maximum absolute atomic E-state index is 12.7. The van der Waals surface area contributed by atoms with E-state index >= 15 is 0 Å². The zero-order valence-electron chi connectivity index (χ0n) is 12.1. The highest BCUT2D eigenvalue weighted by molar-refractivity contribution is 5.55. The van der Waals surface area contributed by atoms with Crippen LogP contribution in [0.5, 0.6) is 0 Å².